The molecular weight excluding hydrogens is 446 g/mol. The number of benzene rings is 1. The van der Waals surface area contributed by atoms with Crippen molar-refractivity contribution in [3.05, 3.63) is 29.2 Å². The van der Waals surface area contributed by atoms with Gasteiger partial charge >= 0.3 is 0 Å². The molecule has 2 aromatic heterocycles. The molecule has 0 amide bonds. The minimum atomic E-state index is 0.466. The molecule has 0 unspecified atom stereocenters. The van der Waals surface area contributed by atoms with Crippen molar-refractivity contribution in [1.82, 2.24) is 9.61 Å². The predicted molar refractivity (Wildman–Crippen MR) is 137 cm³/mol. The summed E-state index contributed by atoms with van der Waals surface area (Å²) < 4.78 is 30.9. The molecule has 0 atom stereocenters. The van der Waals surface area contributed by atoms with E-state index in [1.165, 1.54) is 0 Å². The van der Waals surface area contributed by atoms with Crippen molar-refractivity contribution >= 4 is 11.4 Å². The van der Waals surface area contributed by atoms with Gasteiger partial charge in [0.1, 0.15) is 28.6 Å². The summed E-state index contributed by atoms with van der Waals surface area (Å²) in [5, 5.41) is 4.96. The van der Waals surface area contributed by atoms with E-state index in [1.54, 1.807) is 21.3 Å². The van der Waals surface area contributed by atoms with Crippen LogP contribution in [-0.4, -0.2) is 57.2 Å². The number of hydrogen-bond donors (Lipinski definition) is 0. The first-order valence-corrected chi connectivity index (χ1v) is 12.4. The van der Waals surface area contributed by atoms with Crippen LogP contribution in [0.2, 0.25) is 0 Å². The van der Waals surface area contributed by atoms with E-state index < -0.39 is 0 Å². The van der Waals surface area contributed by atoms with Crippen LogP contribution in [0.15, 0.2) is 16.5 Å². The first-order valence-electron chi connectivity index (χ1n) is 12.4. The zero-order chi connectivity index (χ0) is 25.1. The first-order chi connectivity index (χ1) is 16.9. The Morgan fingerprint density at radius 2 is 1.74 bits per heavy atom. The lowest BCUT2D eigenvalue weighted by Crippen LogP contribution is -2.35. The Labute approximate surface area is 208 Å². The highest BCUT2D eigenvalue weighted by Gasteiger charge is 2.29. The Balaban J connectivity index is 1.84. The van der Waals surface area contributed by atoms with Gasteiger partial charge in [-0.05, 0) is 56.2 Å². The van der Waals surface area contributed by atoms with Gasteiger partial charge in [0.2, 0.25) is 5.71 Å². The van der Waals surface area contributed by atoms with E-state index in [2.05, 4.69) is 25.7 Å². The average Bonchev–Trinajstić information content (AvgIpc) is 3.30. The predicted octanol–water partition coefficient (Wildman–Crippen LogP) is 5.26. The number of methoxy groups -OCH3 is 3. The van der Waals surface area contributed by atoms with Crippen molar-refractivity contribution in [2.75, 3.05) is 52.5 Å². The van der Waals surface area contributed by atoms with E-state index in [9.17, 15) is 0 Å². The molecule has 3 heterocycles. The van der Waals surface area contributed by atoms with Gasteiger partial charge in [-0.1, -0.05) is 13.8 Å². The SMILES string of the molecule is COCc1cc(OC)c(-c2c(C)oc3c(N(CC(C)C)CC4CCOCC4)c(C)nn23)c(OC)c1. The Morgan fingerprint density at radius 1 is 1.09 bits per heavy atom. The summed E-state index contributed by atoms with van der Waals surface area (Å²) in [6, 6.07) is 3.96. The highest BCUT2D eigenvalue weighted by atomic mass is 16.5. The maximum absolute atomic E-state index is 6.43. The standard InChI is InChI=1S/C27H39N3O5/c1-17(2)14-29(15-20-8-10-34-11-9-20)25-18(3)28-30-26(19(4)35-27(25)30)24-22(32-6)12-21(16-31-5)13-23(24)33-7/h12-13,17,20H,8-11,14-16H2,1-7H3. The van der Waals surface area contributed by atoms with Crippen LogP contribution in [0.1, 0.15) is 43.7 Å². The molecule has 192 valence electrons. The fourth-order valence-corrected chi connectivity index (χ4v) is 5.12. The van der Waals surface area contributed by atoms with Crippen molar-refractivity contribution in [2.24, 2.45) is 11.8 Å². The molecule has 8 heteroatoms. The summed E-state index contributed by atoms with van der Waals surface area (Å²) in [5.41, 5.74) is 5.40. The van der Waals surface area contributed by atoms with Crippen molar-refractivity contribution < 1.29 is 23.4 Å². The molecule has 1 aliphatic rings. The van der Waals surface area contributed by atoms with Crippen molar-refractivity contribution in [3.8, 4) is 22.8 Å². The minimum Gasteiger partial charge on any atom is -0.496 e. The molecule has 1 fully saturated rings. The topological polar surface area (TPSA) is 70.6 Å². The lowest BCUT2D eigenvalue weighted by Gasteiger charge is -2.31. The molecule has 0 radical (unpaired) electrons. The molecule has 8 nitrogen and oxygen atoms in total. The van der Waals surface area contributed by atoms with Gasteiger partial charge in [-0.3, -0.25) is 0 Å². The summed E-state index contributed by atoms with van der Waals surface area (Å²) in [6.07, 6.45) is 2.17. The van der Waals surface area contributed by atoms with E-state index in [-0.39, 0.29) is 0 Å². The molecular formula is C27H39N3O5. The number of aromatic nitrogens is 2. The Bertz CT molecular complexity index is 1120. The third-order valence-corrected chi connectivity index (χ3v) is 6.62. The van der Waals surface area contributed by atoms with Crippen LogP contribution >= 0.6 is 0 Å². The molecule has 0 aliphatic carbocycles. The number of ether oxygens (including phenoxy) is 4. The van der Waals surface area contributed by atoms with Crippen LogP contribution < -0.4 is 14.4 Å². The van der Waals surface area contributed by atoms with Crippen molar-refractivity contribution in [2.45, 2.75) is 47.1 Å². The second-order valence-corrected chi connectivity index (χ2v) is 9.82. The van der Waals surface area contributed by atoms with Crippen LogP contribution in [0.3, 0.4) is 0 Å². The molecule has 0 bridgehead atoms. The minimum absolute atomic E-state index is 0.466. The van der Waals surface area contributed by atoms with Crippen LogP contribution in [0.25, 0.3) is 17.0 Å². The van der Waals surface area contributed by atoms with Crippen molar-refractivity contribution in [1.29, 1.82) is 0 Å². The third kappa shape index (κ3) is 5.14. The fraction of sp³-hybridized carbons (Fsp3) is 0.593. The Morgan fingerprint density at radius 3 is 2.31 bits per heavy atom. The normalized spacial score (nSPS) is 14.7. The zero-order valence-corrected chi connectivity index (χ0v) is 22.1. The molecule has 1 aromatic carbocycles. The van der Waals surface area contributed by atoms with Gasteiger partial charge in [0.05, 0.1) is 32.1 Å². The van der Waals surface area contributed by atoms with E-state index in [1.807, 2.05) is 23.6 Å². The van der Waals surface area contributed by atoms with E-state index in [4.69, 9.17) is 28.5 Å². The summed E-state index contributed by atoms with van der Waals surface area (Å²) in [7, 11) is 5.01. The molecule has 1 saturated heterocycles. The number of fused-ring (bicyclic) bond motifs is 1. The quantitative estimate of drug-likeness (QED) is 0.388. The molecule has 35 heavy (non-hydrogen) atoms. The fourth-order valence-electron chi connectivity index (χ4n) is 5.12. The maximum atomic E-state index is 6.43. The summed E-state index contributed by atoms with van der Waals surface area (Å²) in [5.74, 6) is 3.26. The summed E-state index contributed by atoms with van der Waals surface area (Å²) in [6.45, 7) is 12.6. The van der Waals surface area contributed by atoms with Gasteiger partial charge in [-0.2, -0.15) is 9.61 Å². The highest BCUT2D eigenvalue weighted by molar-refractivity contribution is 5.81. The molecule has 0 N–H and O–H groups in total. The number of rotatable bonds is 10. The number of anilines is 1. The monoisotopic (exact) mass is 485 g/mol. The molecule has 0 spiro atoms. The summed E-state index contributed by atoms with van der Waals surface area (Å²) in [4.78, 5) is 2.46. The highest BCUT2D eigenvalue weighted by Crippen LogP contribution is 2.44. The molecule has 4 rings (SSSR count). The van der Waals surface area contributed by atoms with Crippen molar-refractivity contribution in [3.63, 3.8) is 0 Å². The van der Waals surface area contributed by atoms with Crippen LogP contribution in [0.5, 0.6) is 11.5 Å². The van der Waals surface area contributed by atoms with Gasteiger partial charge in [0.15, 0.2) is 0 Å². The van der Waals surface area contributed by atoms with Gasteiger partial charge in [0, 0.05) is 33.4 Å². The second kappa shape index (κ2) is 10.9. The van der Waals surface area contributed by atoms with Crippen LogP contribution in [-0.2, 0) is 16.1 Å². The Hall–Kier alpha value is -2.71. The molecule has 0 saturated carbocycles. The number of hydrogen-bond acceptors (Lipinski definition) is 7. The van der Waals surface area contributed by atoms with Gasteiger partial charge in [0.25, 0.3) is 0 Å². The number of oxazole rings is 1. The van der Waals surface area contributed by atoms with Gasteiger partial charge in [-0.25, -0.2) is 0 Å². The van der Waals surface area contributed by atoms with Gasteiger partial charge in [-0.15, -0.1) is 0 Å². The third-order valence-electron chi connectivity index (χ3n) is 6.62. The van der Waals surface area contributed by atoms with Gasteiger partial charge < -0.3 is 28.3 Å². The van der Waals surface area contributed by atoms with E-state index in [0.717, 1.165) is 78.8 Å². The zero-order valence-electron chi connectivity index (χ0n) is 22.1. The maximum Gasteiger partial charge on any atom is 0.246 e. The van der Waals surface area contributed by atoms with Crippen LogP contribution in [0.4, 0.5) is 5.69 Å². The Kier molecular flexibility index (Phi) is 7.91. The lowest BCUT2D eigenvalue weighted by molar-refractivity contribution is 0.0681. The second-order valence-electron chi connectivity index (χ2n) is 9.82. The molecule has 1 aliphatic heterocycles. The van der Waals surface area contributed by atoms with E-state index >= 15 is 0 Å². The largest absolute Gasteiger partial charge is 0.496 e. The number of nitrogens with zero attached hydrogens (tertiary/aromatic N) is 3. The lowest BCUT2D eigenvalue weighted by atomic mass is 9.99. The number of aryl methyl sites for hydroxylation is 2. The summed E-state index contributed by atoms with van der Waals surface area (Å²) >= 11 is 0. The van der Waals surface area contributed by atoms with Crippen LogP contribution in [0, 0.1) is 25.7 Å². The van der Waals surface area contributed by atoms with E-state index in [0.29, 0.717) is 29.9 Å². The average molecular weight is 486 g/mol. The first kappa shape index (κ1) is 25.4. The smallest absolute Gasteiger partial charge is 0.246 e. The molecule has 3 aromatic rings.